The lowest BCUT2D eigenvalue weighted by Gasteiger charge is -2.19. The van der Waals surface area contributed by atoms with Crippen molar-refractivity contribution < 1.29 is 9.53 Å². The Kier molecular flexibility index (Phi) is 4.26. The first-order chi connectivity index (χ1) is 11.8. The lowest BCUT2D eigenvalue weighted by molar-refractivity contribution is 0.0537. The van der Waals surface area contributed by atoms with E-state index in [-0.39, 0.29) is 0 Å². The van der Waals surface area contributed by atoms with Crippen molar-refractivity contribution in [3.63, 3.8) is 0 Å². The second kappa shape index (κ2) is 6.39. The summed E-state index contributed by atoms with van der Waals surface area (Å²) < 4.78 is 8.44. The third kappa shape index (κ3) is 4.23. The average Bonchev–Trinajstić information content (AvgIpc) is 3.15. The molecule has 0 bridgehead atoms. The monoisotopic (exact) mass is 340 g/mol. The van der Waals surface area contributed by atoms with Gasteiger partial charge in [-0.25, -0.2) is 14.8 Å². The molecule has 130 valence electrons. The first-order valence-electron chi connectivity index (χ1n) is 7.81. The topological polar surface area (TPSA) is 86.9 Å². The molecule has 0 aliphatic rings. The van der Waals surface area contributed by atoms with Crippen LogP contribution in [0.25, 0.3) is 11.3 Å². The second-order valence-electron chi connectivity index (χ2n) is 6.58. The van der Waals surface area contributed by atoms with Gasteiger partial charge in [0, 0.05) is 37.4 Å². The van der Waals surface area contributed by atoms with Crippen molar-refractivity contribution in [3.8, 4) is 11.3 Å². The van der Waals surface area contributed by atoms with Gasteiger partial charge in [0.25, 0.3) is 0 Å². The maximum atomic E-state index is 12.1. The van der Waals surface area contributed by atoms with Crippen LogP contribution < -0.4 is 5.32 Å². The highest BCUT2D eigenvalue weighted by molar-refractivity contribution is 5.74. The Morgan fingerprint density at radius 3 is 2.72 bits per heavy atom. The van der Waals surface area contributed by atoms with Gasteiger partial charge in [0.2, 0.25) is 5.95 Å². The molecule has 0 spiro atoms. The quantitative estimate of drug-likeness (QED) is 0.788. The summed E-state index contributed by atoms with van der Waals surface area (Å²) in [6.45, 7) is 5.49. The number of aromatic nitrogens is 5. The summed E-state index contributed by atoms with van der Waals surface area (Å²) in [6, 6.07) is 3.59. The SMILES string of the molecule is Cn1cc(Nc2nccc(-c3ccn(C(=O)OC(C)(C)C)c3)n2)cn1. The predicted molar refractivity (Wildman–Crippen MR) is 93.6 cm³/mol. The van der Waals surface area contributed by atoms with Gasteiger partial charge in [-0.1, -0.05) is 0 Å². The van der Waals surface area contributed by atoms with E-state index < -0.39 is 11.7 Å². The molecule has 8 heteroatoms. The summed E-state index contributed by atoms with van der Waals surface area (Å²) in [5.41, 5.74) is 1.74. The number of hydrogen-bond donors (Lipinski definition) is 1. The Hall–Kier alpha value is -3.16. The number of rotatable bonds is 3. The fourth-order valence-corrected chi connectivity index (χ4v) is 2.17. The van der Waals surface area contributed by atoms with Crippen LogP contribution in [-0.4, -0.2) is 36.0 Å². The summed E-state index contributed by atoms with van der Waals surface area (Å²) in [6.07, 6.45) is 8.08. The van der Waals surface area contributed by atoms with Crippen molar-refractivity contribution in [1.29, 1.82) is 0 Å². The van der Waals surface area contributed by atoms with Crippen LogP contribution in [0.4, 0.5) is 16.4 Å². The van der Waals surface area contributed by atoms with Gasteiger partial charge in [-0.15, -0.1) is 0 Å². The largest absolute Gasteiger partial charge is 0.443 e. The molecule has 0 fully saturated rings. The normalized spacial score (nSPS) is 11.4. The number of nitrogens with one attached hydrogen (secondary N) is 1. The van der Waals surface area contributed by atoms with Crippen molar-refractivity contribution in [3.05, 3.63) is 43.1 Å². The van der Waals surface area contributed by atoms with Crippen molar-refractivity contribution in [1.82, 2.24) is 24.3 Å². The number of carbonyl (C=O) groups excluding carboxylic acids is 1. The highest BCUT2D eigenvalue weighted by Gasteiger charge is 2.18. The third-order valence-corrected chi connectivity index (χ3v) is 3.21. The smallest absolute Gasteiger partial charge is 0.418 e. The Balaban J connectivity index is 1.78. The van der Waals surface area contributed by atoms with Crippen LogP contribution >= 0.6 is 0 Å². The Bertz CT molecular complexity index is 890. The lowest BCUT2D eigenvalue weighted by Crippen LogP contribution is -2.26. The number of ether oxygens (including phenoxy) is 1. The van der Waals surface area contributed by atoms with Gasteiger partial charge in [0.15, 0.2) is 0 Å². The summed E-state index contributed by atoms with van der Waals surface area (Å²) >= 11 is 0. The third-order valence-electron chi connectivity index (χ3n) is 3.21. The van der Waals surface area contributed by atoms with E-state index in [9.17, 15) is 4.79 Å². The highest BCUT2D eigenvalue weighted by atomic mass is 16.6. The number of carbonyl (C=O) groups is 1. The minimum absolute atomic E-state index is 0.429. The molecule has 1 N–H and O–H groups in total. The first-order valence-corrected chi connectivity index (χ1v) is 7.81. The number of hydrogen-bond acceptors (Lipinski definition) is 6. The molecule has 0 saturated heterocycles. The Morgan fingerprint density at radius 2 is 2.04 bits per heavy atom. The number of aryl methyl sites for hydroxylation is 1. The minimum atomic E-state index is -0.544. The van der Waals surface area contributed by atoms with E-state index in [0.29, 0.717) is 11.6 Å². The van der Waals surface area contributed by atoms with E-state index in [1.54, 1.807) is 41.6 Å². The zero-order valence-corrected chi connectivity index (χ0v) is 14.6. The maximum Gasteiger partial charge on any atom is 0.418 e. The predicted octanol–water partition coefficient (Wildman–Crippen LogP) is 3.21. The van der Waals surface area contributed by atoms with Gasteiger partial charge in [-0.2, -0.15) is 5.10 Å². The van der Waals surface area contributed by atoms with E-state index in [2.05, 4.69) is 20.4 Å². The first kappa shape index (κ1) is 16.7. The average molecular weight is 340 g/mol. The highest BCUT2D eigenvalue weighted by Crippen LogP contribution is 2.20. The maximum absolute atomic E-state index is 12.1. The molecular formula is C17H20N6O2. The summed E-state index contributed by atoms with van der Waals surface area (Å²) in [5.74, 6) is 0.454. The van der Waals surface area contributed by atoms with E-state index in [1.807, 2.05) is 34.0 Å². The standard InChI is InChI=1S/C17H20N6O2/c1-17(2,3)25-16(24)23-8-6-12(10-23)14-5-7-18-15(21-14)20-13-9-19-22(4)11-13/h5-11H,1-4H3,(H,18,20,21). The number of anilines is 2. The number of nitrogens with zero attached hydrogens (tertiary/aromatic N) is 5. The van der Waals surface area contributed by atoms with Crippen LogP contribution in [0.15, 0.2) is 43.1 Å². The van der Waals surface area contributed by atoms with Crippen LogP contribution in [-0.2, 0) is 11.8 Å². The van der Waals surface area contributed by atoms with Crippen LogP contribution in [0.3, 0.4) is 0 Å². The van der Waals surface area contributed by atoms with E-state index in [4.69, 9.17) is 4.74 Å². The molecule has 0 amide bonds. The van der Waals surface area contributed by atoms with E-state index in [1.165, 1.54) is 4.57 Å². The summed E-state index contributed by atoms with van der Waals surface area (Å²) in [4.78, 5) is 20.8. The molecule has 0 saturated carbocycles. The molecule has 25 heavy (non-hydrogen) atoms. The second-order valence-corrected chi connectivity index (χ2v) is 6.58. The van der Waals surface area contributed by atoms with Crippen LogP contribution in [0, 0.1) is 0 Å². The molecule has 0 aliphatic carbocycles. The van der Waals surface area contributed by atoms with Gasteiger partial charge in [-0.05, 0) is 32.9 Å². The molecule has 8 nitrogen and oxygen atoms in total. The Morgan fingerprint density at radius 1 is 1.24 bits per heavy atom. The zero-order chi connectivity index (χ0) is 18.0. The van der Waals surface area contributed by atoms with Gasteiger partial charge < -0.3 is 10.1 Å². The molecule has 0 atom stereocenters. The van der Waals surface area contributed by atoms with Gasteiger partial charge in [-0.3, -0.25) is 9.25 Å². The molecule has 0 aliphatic heterocycles. The Labute approximate surface area is 145 Å². The van der Waals surface area contributed by atoms with Gasteiger partial charge in [0.1, 0.15) is 5.60 Å². The summed E-state index contributed by atoms with van der Waals surface area (Å²) in [7, 11) is 1.84. The van der Waals surface area contributed by atoms with Crippen LogP contribution in [0.1, 0.15) is 20.8 Å². The molecule has 3 rings (SSSR count). The zero-order valence-electron chi connectivity index (χ0n) is 14.6. The van der Waals surface area contributed by atoms with E-state index >= 15 is 0 Å². The summed E-state index contributed by atoms with van der Waals surface area (Å²) in [5, 5.41) is 7.18. The molecule has 3 aromatic rings. The lowest BCUT2D eigenvalue weighted by atomic mass is 10.2. The molecule has 0 radical (unpaired) electrons. The molecule has 0 aromatic carbocycles. The molecule has 3 aromatic heterocycles. The molecular weight excluding hydrogens is 320 g/mol. The van der Waals surface area contributed by atoms with Crippen molar-refractivity contribution >= 4 is 17.7 Å². The van der Waals surface area contributed by atoms with Crippen molar-refractivity contribution in [2.75, 3.05) is 5.32 Å². The fraction of sp³-hybridized carbons (Fsp3) is 0.294. The fourth-order valence-electron chi connectivity index (χ4n) is 2.17. The van der Waals surface area contributed by atoms with Crippen LogP contribution in [0.2, 0.25) is 0 Å². The van der Waals surface area contributed by atoms with Gasteiger partial charge >= 0.3 is 6.09 Å². The van der Waals surface area contributed by atoms with Crippen molar-refractivity contribution in [2.45, 2.75) is 26.4 Å². The minimum Gasteiger partial charge on any atom is -0.443 e. The molecule has 3 heterocycles. The van der Waals surface area contributed by atoms with Gasteiger partial charge in [0.05, 0.1) is 17.6 Å². The molecule has 0 unspecified atom stereocenters. The van der Waals surface area contributed by atoms with Crippen LogP contribution in [0.5, 0.6) is 0 Å². The van der Waals surface area contributed by atoms with E-state index in [0.717, 1.165) is 11.3 Å². The van der Waals surface area contributed by atoms with Crippen molar-refractivity contribution in [2.24, 2.45) is 7.05 Å².